The Balaban J connectivity index is 0. The summed E-state index contributed by atoms with van der Waals surface area (Å²) in [6.07, 6.45) is 1.90. The van der Waals surface area contributed by atoms with Crippen molar-refractivity contribution in [2.75, 3.05) is 0 Å². The van der Waals surface area contributed by atoms with Crippen LogP contribution in [0.4, 0.5) is 0 Å². The van der Waals surface area contributed by atoms with Crippen molar-refractivity contribution in [3.63, 3.8) is 0 Å². The third kappa shape index (κ3) is 27.2. The van der Waals surface area contributed by atoms with Gasteiger partial charge in [0.2, 0.25) is 0 Å². The maximum Gasteiger partial charge on any atom is 0.306 e. The number of carbonyl (C=O) groups is 12. The number of ether oxygens (including phenoxy) is 2. The van der Waals surface area contributed by atoms with Crippen molar-refractivity contribution in [3.8, 4) is 0 Å². The normalized spacial score (nSPS) is 19.6. The first-order valence-electron chi connectivity index (χ1n) is 19.3. The van der Waals surface area contributed by atoms with Crippen molar-refractivity contribution in [1.29, 1.82) is 0 Å². The Morgan fingerprint density at radius 3 is 1.38 bits per heavy atom. The zero-order valence-corrected chi connectivity index (χ0v) is 35.0. The third-order valence-electron chi connectivity index (χ3n) is 9.65. The van der Waals surface area contributed by atoms with E-state index in [-0.39, 0.29) is 118 Å². The topological polar surface area (TPSA) is 345 Å². The van der Waals surface area contributed by atoms with Gasteiger partial charge in [-0.15, -0.1) is 0 Å². The second-order valence-corrected chi connectivity index (χ2v) is 15.5. The van der Waals surface area contributed by atoms with Crippen molar-refractivity contribution in [2.24, 2.45) is 23.7 Å². The number of carboxylic acid groups (broad SMARTS) is 6. The van der Waals surface area contributed by atoms with Crippen molar-refractivity contribution >= 4 is 70.9 Å². The number of esters is 2. The highest BCUT2D eigenvalue weighted by Crippen LogP contribution is 2.36. The number of carbonyl (C=O) groups excluding carboxylic acids is 6. The van der Waals surface area contributed by atoms with Gasteiger partial charge < -0.3 is 40.1 Å². The minimum Gasteiger partial charge on any atom is -0.481 e. The van der Waals surface area contributed by atoms with Crippen molar-refractivity contribution < 1.29 is 97.6 Å². The second kappa shape index (κ2) is 28.0. The van der Waals surface area contributed by atoms with Gasteiger partial charge in [0, 0.05) is 57.3 Å². The fraction of sp³-hybridized carbons (Fsp3) is 0.700. The Kier molecular flexibility index (Phi) is 26.4. The summed E-state index contributed by atoms with van der Waals surface area (Å²) in [7, 11) is 0. The Morgan fingerprint density at radius 2 is 1.00 bits per heavy atom. The standard InChI is InChI=1S/2C10H14O5.2C10H16O5/c1-6(11)7(5-8(12)13)10(2)4-3-9(14)15-10;1-10(5-4-9(14)15-10)6-7(11)2-3-8(12)13;1-6(3-4-9(12)13)8(7(2)11)5-10(14)15;1-7(2-4-9(12)13)6-8(11)3-5-10(14)15/h7H,3-5H2,1-2H3,(H,12,13);2-6H2,1H3,(H,12,13);6,8H,3-5H2,1-2H3,(H,12,13)(H,14,15);7H,2-6H2,1H3,(H,12,13)(H,14,15). The molecule has 0 aromatic rings. The zero-order valence-electron chi connectivity index (χ0n) is 35.0. The van der Waals surface area contributed by atoms with E-state index in [1.807, 2.05) is 0 Å². The van der Waals surface area contributed by atoms with Gasteiger partial charge in [-0.2, -0.15) is 0 Å². The monoisotopic (exact) mass is 860 g/mol. The van der Waals surface area contributed by atoms with Gasteiger partial charge in [-0.25, -0.2) is 0 Å². The number of cyclic esters (lactones) is 2. The largest absolute Gasteiger partial charge is 0.481 e. The van der Waals surface area contributed by atoms with Crippen LogP contribution in [0, 0.1) is 23.7 Å². The van der Waals surface area contributed by atoms with Crippen LogP contribution >= 0.6 is 0 Å². The van der Waals surface area contributed by atoms with Gasteiger partial charge in [0.25, 0.3) is 0 Å². The SMILES string of the molecule is CC(=O)C(CC(=O)O)C(C)CCC(=O)O.CC(=O)C(CC(=O)O)C1(C)CCC(=O)O1.CC(CCC(=O)O)CC(=O)CCC(=O)O.CC1(CC(=O)CCC(=O)O)CCC(=O)O1. The number of ketones is 4. The van der Waals surface area contributed by atoms with E-state index in [0.29, 0.717) is 32.1 Å². The summed E-state index contributed by atoms with van der Waals surface area (Å²) in [5.41, 5.74) is -1.66. The molecule has 2 aliphatic heterocycles. The Bertz CT molecular complexity index is 1560. The van der Waals surface area contributed by atoms with Crippen molar-refractivity contribution in [2.45, 2.75) is 155 Å². The molecule has 2 fully saturated rings. The molecule has 0 amide bonds. The van der Waals surface area contributed by atoms with Gasteiger partial charge in [0.15, 0.2) is 0 Å². The van der Waals surface area contributed by atoms with Gasteiger partial charge in [0.05, 0.1) is 31.6 Å². The molecule has 2 saturated heterocycles. The average molecular weight is 861 g/mol. The first-order chi connectivity index (χ1) is 27.5. The Morgan fingerprint density at radius 1 is 0.550 bits per heavy atom. The minimum atomic E-state index is -1.06. The first-order valence-corrected chi connectivity index (χ1v) is 19.3. The fourth-order valence-electron chi connectivity index (χ4n) is 6.24. The molecular weight excluding hydrogens is 800 g/mol. The number of Topliss-reactive ketones (excluding diaryl/α,β-unsaturated/α-hetero) is 4. The summed E-state index contributed by atoms with van der Waals surface area (Å²) in [6, 6.07) is 0. The molecule has 20 heteroatoms. The molecule has 20 nitrogen and oxygen atoms in total. The van der Waals surface area contributed by atoms with E-state index < -0.39 is 58.9 Å². The van der Waals surface area contributed by atoms with Crippen LogP contribution < -0.4 is 0 Å². The van der Waals surface area contributed by atoms with Crippen LogP contribution in [0.5, 0.6) is 0 Å². The second-order valence-electron chi connectivity index (χ2n) is 15.5. The average Bonchev–Trinajstić information content (AvgIpc) is 3.64. The molecule has 340 valence electrons. The predicted molar refractivity (Wildman–Crippen MR) is 205 cm³/mol. The predicted octanol–water partition coefficient (Wildman–Crippen LogP) is 4.15. The van der Waals surface area contributed by atoms with Gasteiger partial charge >= 0.3 is 47.8 Å². The molecule has 0 saturated carbocycles. The molecule has 6 atom stereocenters. The highest BCUT2D eigenvalue weighted by molar-refractivity contribution is 5.86. The quantitative estimate of drug-likeness (QED) is 0.0742. The van der Waals surface area contributed by atoms with E-state index >= 15 is 0 Å². The smallest absolute Gasteiger partial charge is 0.306 e. The molecule has 2 heterocycles. The van der Waals surface area contributed by atoms with Gasteiger partial charge in [0.1, 0.15) is 34.3 Å². The molecule has 2 aliphatic rings. The molecule has 0 radical (unpaired) electrons. The number of hydrogen-bond donors (Lipinski definition) is 6. The van der Waals surface area contributed by atoms with Gasteiger partial charge in [-0.3, -0.25) is 57.5 Å². The van der Waals surface area contributed by atoms with Crippen molar-refractivity contribution in [3.05, 3.63) is 0 Å². The van der Waals surface area contributed by atoms with E-state index in [0.717, 1.165) is 0 Å². The van der Waals surface area contributed by atoms with Crippen molar-refractivity contribution in [1.82, 2.24) is 0 Å². The molecule has 60 heavy (non-hydrogen) atoms. The molecule has 2 rings (SSSR count). The lowest BCUT2D eigenvalue weighted by Gasteiger charge is -2.29. The summed E-state index contributed by atoms with van der Waals surface area (Å²) in [6.45, 7) is 9.49. The lowest BCUT2D eigenvalue weighted by atomic mass is 9.82. The van der Waals surface area contributed by atoms with Crippen LogP contribution in [0.15, 0.2) is 0 Å². The summed E-state index contributed by atoms with van der Waals surface area (Å²) in [5, 5.41) is 50.9. The maximum atomic E-state index is 11.4. The van der Waals surface area contributed by atoms with E-state index in [9.17, 15) is 57.5 Å². The van der Waals surface area contributed by atoms with Crippen LogP contribution in [-0.2, 0) is 67.0 Å². The Hall–Kier alpha value is -5.56. The van der Waals surface area contributed by atoms with Crippen LogP contribution in [-0.4, -0.2) is 113 Å². The summed E-state index contributed by atoms with van der Waals surface area (Å²) < 4.78 is 10.1. The van der Waals surface area contributed by atoms with Crippen LogP contribution in [0.3, 0.4) is 0 Å². The lowest BCUT2D eigenvalue weighted by molar-refractivity contribution is -0.158. The van der Waals surface area contributed by atoms with Gasteiger partial charge in [-0.1, -0.05) is 13.8 Å². The lowest BCUT2D eigenvalue weighted by Crippen LogP contribution is -2.40. The Labute approximate surface area is 347 Å². The first kappa shape index (κ1) is 56.5. The molecule has 0 aromatic heterocycles. The van der Waals surface area contributed by atoms with Crippen LogP contribution in [0.1, 0.15) is 144 Å². The number of hydrogen-bond acceptors (Lipinski definition) is 14. The summed E-state index contributed by atoms with van der Waals surface area (Å²) >= 11 is 0. The number of aliphatic carboxylic acids is 6. The highest BCUT2D eigenvalue weighted by Gasteiger charge is 2.46. The molecule has 0 spiro atoms. The van der Waals surface area contributed by atoms with E-state index in [1.54, 1.807) is 27.7 Å². The van der Waals surface area contributed by atoms with E-state index in [2.05, 4.69) is 0 Å². The van der Waals surface area contributed by atoms with Gasteiger partial charge in [-0.05, 0) is 65.2 Å². The third-order valence-corrected chi connectivity index (χ3v) is 9.65. The molecule has 6 N–H and O–H groups in total. The summed E-state index contributed by atoms with van der Waals surface area (Å²) in [4.78, 5) is 129. The number of carboxylic acids is 6. The van der Waals surface area contributed by atoms with E-state index in [4.69, 9.17) is 40.1 Å². The minimum absolute atomic E-state index is 0.00222. The van der Waals surface area contributed by atoms with E-state index in [1.165, 1.54) is 13.8 Å². The fourth-order valence-corrected chi connectivity index (χ4v) is 6.24. The molecule has 0 aromatic carbocycles. The molecular formula is C40H60O20. The van der Waals surface area contributed by atoms with Crippen LogP contribution in [0.2, 0.25) is 0 Å². The molecule has 6 unspecified atom stereocenters. The highest BCUT2D eigenvalue weighted by atomic mass is 16.6. The maximum absolute atomic E-state index is 11.4. The summed E-state index contributed by atoms with van der Waals surface area (Å²) in [5.74, 6) is -8.80. The zero-order chi connectivity index (χ0) is 47.0. The van der Waals surface area contributed by atoms with Crippen LogP contribution in [0.25, 0.3) is 0 Å². The molecule has 0 bridgehead atoms. The molecule has 0 aliphatic carbocycles. The number of rotatable bonds is 24.